The van der Waals surface area contributed by atoms with Gasteiger partial charge < -0.3 is 15.2 Å². The third-order valence-electron chi connectivity index (χ3n) is 1.56. The summed E-state index contributed by atoms with van der Waals surface area (Å²) in [5.74, 6) is 1.38. The normalized spacial score (nSPS) is 9.86. The van der Waals surface area contributed by atoms with Gasteiger partial charge in [-0.2, -0.15) is 0 Å². The van der Waals surface area contributed by atoms with Crippen molar-refractivity contribution >= 4 is 0 Å². The largest absolute Gasteiger partial charge is 0.492 e. The van der Waals surface area contributed by atoms with Gasteiger partial charge in [-0.05, 0) is 24.3 Å². The van der Waals surface area contributed by atoms with Crippen molar-refractivity contribution in [2.75, 3.05) is 26.4 Å². The Balaban J connectivity index is 2.42. The van der Waals surface area contributed by atoms with E-state index in [2.05, 4.69) is 0 Å². The molecule has 0 saturated carbocycles. The first-order valence-corrected chi connectivity index (χ1v) is 4.48. The van der Waals surface area contributed by atoms with Crippen molar-refractivity contribution in [3.05, 3.63) is 24.3 Å². The van der Waals surface area contributed by atoms with Gasteiger partial charge in [0.25, 0.3) is 0 Å². The summed E-state index contributed by atoms with van der Waals surface area (Å²) in [6.45, 7) is 0.583. The van der Waals surface area contributed by atoms with Crippen molar-refractivity contribution in [2.45, 2.75) is 0 Å². The molecule has 0 aliphatic heterocycles. The van der Waals surface area contributed by atoms with Gasteiger partial charge in [-0.15, -0.1) is 0 Å². The summed E-state index contributed by atoms with van der Waals surface area (Å²) in [4.78, 5) is 0. The zero-order valence-electron chi connectivity index (χ0n) is 7.91. The smallest absolute Gasteiger partial charge is 0.123 e. The number of benzene rings is 1. The van der Waals surface area contributed by atoms with Crippen LogP contribution in [0.2, 0.25) is 0 Å². The maximum absolute atomic E-state index is 11.8. The molecule has 2 N–H and O–H groups in total. The Kier molecular flexibility index (Phi) is 4.78. The fourth-order valence-electron chi connectivity index (χ4n) is 0.965. The van der Waals surface area contributed by atoms with Gasteiger partial charge in [0, 0.05) is 6.54 Å². The molecule has 0 amide bonds. The van der Waals surface area contributed by atoms with Gasteiger partial charge in [0.1, 0.15) is 31.4 Å². The van der Waals surface area contributed by atoms with E-state index >= 15 is 0 Å². The fraction of sp³-hybridized carbons (Fsp3) is 0.400. The zero-order chi connectivity index (χ0) is 10.2. The number of hydrogen-bond donors (Lipinski definition) is 1. The zero-order valence-corrected chi connectivity index (χ0v) is 7.91. The number of halogens is 1. The number of alkyl halides is 1. The SMILES string of the molecule is NCCOc1ccc(OCCF)cc1. The highest BCUT2D eigenvalue weighted by atomic mass is 19.1. The molecule has 0 fully saturated rings. The third kappa shape index (κ3) is 3.62. The summed E-state index contributed by atoms with van der Waals surface area (Å²) in [6, 6.07) is 7.01. The Labute approximate surface area is 82.6 Å². The minimum atomic E-state index is -0.481. The lowest BCUT2D eigenvalue weighted by atomic mass is 10.3. The van der Waals surface area contributed by atoms with Crippen LogP contribution < -0.4 is 15.2 Å². The average Bonchev–Trinajstić information content (AvgIpc) is 2.25. The Bertz CT molecular complexity index is 224. The first-order valence-electron chi connectivity index (χ1n) is 4.48. The maximum Gasteiger partial charge on any atom is 0.123 e. The molecular weight excluding hydrogens is 185 g/mol. The molecule has 0 bridgehead atoms. The Hall–Kier alpha value is -1.29. The van der Waals surface area contributed by atoms with E-state index in [0.717, 1.165) is 5.75 Å². The van der Waals surface area contributed by atoms with Gasteiger partial charge in [0.15, 0.2) is 0 Å². The van der Waals surface area contributed by atoms with Crippen LogP contribution in [0.25, 0.3) is 0 Å². The molecule has 0 saturated heterocycles. The standard InChI is InChI=1S/C10H14FNO2/c11-5-7-13-9-1-3-10(4-2-9)14-8-6-12/h1-4H,5-8,12H2. The van der Waals surface area contributed by atoms with Crippen molar-refractivity contribution in [2.24, 2.45) is 5.73 Å². The van der Waals surface area contributed by atoms with Crippen LogP contribution in [-0.2, 0) is 0 Å². The molecule has 78 valence electrons. The second-order valence-electron chi connectivity index (χ2n) is 2.65. The quantitative estimate of drug-likeness (QED) is 0.752. The topological polar surface area (TPSA) is 44.5 Å². The molecule has 0 atom stereocenters. The van der Waals surface area contributed by atoms with E-state index in [1.165, 1.54) is 0 Å². The number of nitrogens with two attached hydrogens (primary N) is 1. The van der Waals surface area contributed by atoms with Crippen molar-refractivity contribution in [3.63, 3.8) is 0 Å². The Morgan fingerprint density at radius 2 is 1.50 bits per heavy atom. The van der Waals surface area contributed by atoms with E-state index in [1.807, 2.05) is 0 Å². The van der Waals surface area contributed by atoms with E-state index in [-0.39, 0.29) is 6.61 Å². The molecule has 0 unspecified atom stereocenters. The summed E-state index contributed by atoms with van der Waals surface area (Å²) in [5, 5.41) is 0. The van der Waals surface area contributed by atoms with Crippen LogP contribution in [0.1, 0.15) is 0 Å². The second kappa shape index (κ2) is 6.21. The van der Waals surface area contributed by atoms with E-state index in [9.17, 15) is 4.39 Å². The average molecular weight is 199 g/mol. The van der Waals surface area contributed by atoms with Gasteiger partial charge in [0.05, 0.1) is 0 Å². The fourth-order valence-corrected chi connectivity index (χ4v) is 0.965. The highest BCUT2D eigenvalue weighted by Gasteiger charge is 1.95. The summed E-state index contributed by atoms with van der Waals surface area (Å²) >= 11 is 0. The first-order chi connectivity index (χ1) is 6.86. The van der Waals surface area contributed by atoms with Gasteiger partial charge in [0.2, 0.25) is 0 Å². The van der Waals surface area contributed by atoms with Crippen LogP contribution in [-0.4, -0.2) is 26.4 Å². The maximum atomic E-state index is 11.8. The third-order valence-corrected chi connectivity index (χ3v) is 1.56. The molecule has 0 heterocycles. The molecule has 1 aromatic rings. The minimum Gasteiger partial charge on any atom is -0.492 e. The van der Waals surface area contributed by atoms with Crippen LogP contribution in [0.3, 0.4) is 0 Å². The van der Waals surface area contributed by atoms with Crippen LogP contribution in [0.15, 0.2) is 24.3 Å². The number of ether oxygens (including phenoxy) is 2. The van der Waals surface area contributed by atoms with Crippen molar-refractivity contribution in [1.29, 1.82) is 0 Å². The molecule has 14 heavy (non-hydrogen) atoms. The van der Waals surface area contributed by atoms with E-state index < -0.39 is 6.67 Å². The first kappa shape index (κ1) is 10.8. The van der Waals surface area contributed by atoms with E-state index in [0.29, 0.717) is 18.9 Å². The molecule has 0 aliphatic rings. The van der Waals surface area contributed by atoms with Gasteiger partial charge >= 0.3 is 0 Å². The second-order valence-corrected chi connectivity index (χ2v) is 2.65. The molecule has 0 aliphatic carbocycles. The van der Waals surface area contributed by atoms with E-state index in [4.69, 9.17) is 15.2 Å². The van der Waals surface area contributed by atoms with Crippen LogP contribution in [0.5, 0.6) is 11.5 Å². The number of rotatable bonds is 6. The van der Waals surface area contributed by atoms with Crippen molar-refractivity contribution in [1.82, 2.24) is 0 Å². The molecule has 0 aromatic heterocycles. The molecule has 1 rings (SSSR count). The Morgan fingerprint density at radius 1 is 1.00 bits per heavy atom. The summed E-state index contributed by atoms with van der Waals surface area (Å²) in [5.41, 5.74) is 5.28. The Morgan fingerprint density at radius 3 is 1.93 bits per heavy atom. The van der Waals surface area contributed by atoms with Crippen LogP contribution >= 0.6 is 0 Å². The molecule has 0 spiro atoms. The summed E-state index contributed by atoms with van der Waals surface area (Å²) in [6.07, 6.45) is 0. The lowest BCUT2D eigenvalue weighted by Gasteiger charge is -2.06. The molecular formula is C10H14FNO2. The van der Waals surface area contributed by atoms with Crippen LogP contribution in [0.4, 0.5) is 4.39 Å². The lowest BCUT2D eigenvalue weighted by molar-refractivity contribution is 0.272. The minimum absolute atomic E-state index is 0.0863. The highest BCUT2D eigenvalue weighted by molar-refractivity contribution is 5.31. The van der Waals surface area contributed by atoms with E-state index in [1.54, 1.807) is 24.3 Å². The van der Waals surface area contributed by atoms with Crippen molar-refractivity contribution < 1.29 is 13.9 Å². The highest BCUT2D eigenvalue weighted by Crippen LogP contribution is 2.17. The van der Waals surface area contributed by atoms with Gasteiger partial charge in [-0.1, -0.05) is 0 Å². The lowest BCUT2D eigenvalue weighted by Crippen LogP contribution is -2.10. The predicted molar refractivity (Wildman–Crippen MR) is 52.5 cm³/mol. The van der Waals surface area contributed by atoms with Gasteiger partial charge in [-0.25, -0.2) is 4.39 Å². The number of hydrogen-bond acceptors (Lipinski definition) is 3. The summed E-state index contributed by atoms with van der Waals surface area (Å²) in [7, 11) is 0. The molecule has 3 nitrogen and oxygen atoms in total. The molecule has 1 aromatic carbocycles. The summed E-state index contributed by atoms with van der Waals surface area (Å²) < 4.78 is 22.1. The van der Waals surface area contributed by atoms with Gasteiger partial charge in [-0.3, -0.25) is 0 Å². The monoisotopic (exact) mass is 199 g/mol. The predicted octanol–water partition coefficient (Wildman–Crippen LogP) is 1.37. The molecule has 0 radical (unpaired) electrons. The van der Waals surface area contributed by atoms with Crippen molar-refractivity contribution in [3.8, 4) is 11.5 Å². The van der Waals surface area contributed by atoms with Crippen LogP contribution in [0, 0.1) is 0 Å². The molecule has 4 heteroatoms.